The second-order valence-corrected chi connectivity index (χ2v) is 14.0. The summed E-state index contributed by atoms with van der Waals surface area (Å²) >= 11 is 0. The molecule has 0 spiro atoms. The molecule has 0 unspecified atom stereocenters. The third-order valence-electron chi connectivity index (χ3n) is 4.39. The van der Waals surface area contributed by atoms with Crippen molar-refractivity contribution in [3.8, 4) is 0 Å². The molecule has 0 aliphatic heterocycles. The Morgan fingerprint density at radius 3 is 2.13 bits per heavy atom. The summed E-state index contributed by atoms with van der Waals surface area (Å²) in [4.78, 5) is 0.195. The molecule has 0 aromatic heterocycles. The molecule has 0 saturated carbocycles. The minimum Gasteiger partial charge on any atom is -0.417 e. The maximum atomic E-state index is 12.2. The normalized spacial score (nSPS) is 14.7. The maximum absolute atomic E-state index is 12.2. The van der Waals surface area contributed by atoms with Gasteiger partial charge in [0.2, 0.25) is 0 Å². The molecule has 1 rings (SSSR count). The van der Waals surface area contributed by atoms with Crippen molar-refractivity contribution in [2.45, 2.75) is 70.2 Å². The summed E-state index contributed by atoms with van der Waals surface area (Å²) in [5.74, 6) is 0. The highest BCUT2D eigenvalue weighted by Gasteiger charge is 2.37. The summed E-state index contributed by atoms with van der Waals surface area (Å²) in [5.41, 5.74) is 1.01. The Morgan fingerprint density at radius 2 is 1.65 bits per heavy atom. The van der Waals surface area contributed by atoms with Crippen LogP contribution in [0.5, 0.6) is 0 Å². The van der Waals surface area contributed by atoms with Crippen LogP contribution in [-0.4, -0.2) is 29.4 Å². The third kappa shape index (κ3) is 6.03. The topological polar surface area (TPSA) is 52.6 Å². The summed E-state index contributed by atoms with van der Waals surface area (Å²) in [6.07, 6.45) is 0.142. The van der Waals surface area contributed by atoms with E-state index in [1.54, 1.807) is 31.2 Å². The van der Waals surface area contributed by atoms with Crippen LogP contribution in [0.1, 0.15) is 39.7 Å². The first-order valence-corrected chi connectivity index (χ1v) is 12.3. The molecule has 23 heavy (non-hydrogen) atoms. The molecule has 1 aromatic rings. The van der Waals surface area contributed by atoms with E-state index in [-0.39, 0.29) is 9.93 Å². The summed E-state index contributed by atoms with van der Waals surface area (Å²) in [6.45, 7) is 15.1. The Kier molecular flexibility index (Phi) is 6.61. The number of rotatable bonds is 7. The molecule has 0 N–H and O–H groups in total. The van der Waals surface area contributed by atoms with Gasteiger partial charge in [-0.3, -0.25) is 4.18 Å². The minimum absolute atomic E-state index is 0.144. The van der Waals surface area contributed by atoms with Gasteiger partial charge in [-0.15, -0.1) is 0 Å². The van der Waals surface area contributed by atoms with Crippen molar-refractivity contribution in [2.75, 3.05) is 6.61 Å². The van der Waals surface area contributed by atoms with Crippen LogP contribution < -0.4 is 0 Å². The summed E-state index contributed by atoms with van der Waals surface area (Å²) in [5, 5.41) is 0.144. The quantitative estimate of drug-likeness (QED) is 0.532. The van der Waals surface area contributed by atoms with Crippen molar-refractivity contribution >= 4 is 18.4 Å². The molecular formula is C17H30O4SSi. The van der Waals surface area contributed by atoms with E-state index >= 15 is 0 Å². The van der Waals surface area contributed by atoms with Gasteiger partial charge in [-0.1, -0.05) is 38.5 Å². The van der Waals surface area contributed by atoms with Gasteiger partial charge in [0, 0.05) is 6.61 Å². The summed E-state index contributed by atoms with van der Waals surface area (Å²) < 4.78 is 35.8. The average molecular weight is 359 g/mol. The van der Waals surface area contributed by atoms with Crippen LogP contribution in [0, 0.1) is 6.92 Å². The van der Waals surface area contributed by atoms with E-state index in [4.69, 9.17) is 8.61 Å². The average Bonchev–Trinajstić information content (AvgIpc) is 2.36. The molecule has 0 saturated heterocycles. The number of hydrogen-bond acceptors (Lipinski definition) is 4. The van der Waals surface area contributed by atoms with Crippen molar-refractivity contribution < 1.29 is 17.0 Å². The highest BCUT2D eigenvalue weighted by Crippen LogP contribution is 2.36. The van der Waals surface area contributed by atoms with E-state index in [1.807, 2.05) is 6.92 Å². The molecule has 1 aromatic carbocycles. The molecule has 0 amide bonds. The number of aryl methyl sites for hydroxylation is 1. The van der Waals surface area contributed by atoms with Crippen molar-refractivity contribution in [1.29, 1.82) is 0 Å². The molecule has 0 fully saturated rings. The first-order valence-electron chi connectivity index (χ1n) is 7.99. The van der Waals surface area contributed by atoms with Gasteiger partial charge in [-0.25, -0.2) is 0 Å². The van der Waals surface area contributed by atoms with Crippen LogP contribution in [-0.2, 0) is 18.7 Å². The third-order valence-corrected chi connectivity index (χ3v) is 10.4. The van der Waals surface area contributed by atoms with E-state index < -0.39 is 24.5 Å². The van der Waals surface area contributed by atoms with Crippen molar-refractivity contribution in [3.63, 3.8) is 0 Å². The standard InChI is InChI=1S/C17H30O4SSi/c1-14-8-10-16(11-9-14)22(18,19)21-15(2)12-13-20-23(6,7)17(3,4)5/h8-11,15H,12-13H2,1-7H3/t15-/m1/s1. The maximum Gasteiger partial charge on any atom is 0.297 e. The highest BCUT2D eigenvalue weighted by molar-refractivity contribution is 7.86. The fourth-order valence-corrected chi connectivity index (χ4v) is 3.89. The lowest BCUT2D eigenvalue weighted by molar-refractivity contribution is 0.176. The zero-order valence-electron chi connectivity index (χ0n) is 15.3. The molecule has 0 aliphatic rings. The van der Waals surface area contributed by atoms with E-state index in [2.05, 4.69) is 33.9 Å². The van der Waals surface area contributed by atoms with Crippen LogP contribution in [0.2, 0.25) is 18.1 Å². The zero-order chi connectivity index (χ0) is 17.9. The second kappa shape index (κ2) is 7.47. The Labute approximate surface area is 142 Å². The Bertz CT molecular complexity index is 600. The van der Waals surface area contributed by atoms with Crippen LogP contribution in [0.4, 0.5) is 0 Å². The Hall–Kier alpha value is -0.693. The van der Waals surface area contributed by atoms with Crippen molar-refractivity contribution in [3.05, 3.63) is 29.8 Å². The van der Waals surface area contributed by atoms with Gasteiger partial charge in [-0.2, -0.15) is 8.42 Å². The predicted octanol–water partition coefficient (Wildman–Crippen LogP) is 4.50. The lowest BCUT2D eigenvalue weighted by Crippen LogP contribution is -2.41. The highest BCUT2D eigenvalue weighted by atomic mass is 32.2. The van der Waals surface area contributed by atoms with Gasteiger partial charge in [0.05, 0.1) is 11.0 Å². The van der Waals surface area contributed by atoms with Crippen LogP contribution in [0.25, 0.3) is 0 Å². The van der Waals surface area contributed by atoms with Gasteiger partial charge < -0.3 is 4.43 Å². The fraction of sp³-hybridized carbons (Fsp3) is 0.647. The first-order chi connectivity index (χ1) is 10.3. The van der Waals surface area contributed by atoms with Gasteiger partial charge in [0.1, 0.15) is 0 Å². The van der Waals surface area contributed by atoms with E-state index in [0.29, 0.717) is 13.0 Å². The lowest BCUT2D eigenvalue weighted by atomic mass is 10.2. The summed E-state index contributed by atoms with van der Waals surface area (Å²) in [6, 6.07) is 6.68. The van der Waals surface area contributed by atoms with Gasteiger partial charge in [-0.05, 0) is 50.5 Å². The molecule has 1 atom stereocenters. The van der Waals surface area contributed by atoms with Crippen LogP contribution in [0.3, 0.4) is 0 Å². The lowest BCUT2D eigenvalue weighted by Gasteiger charge is -2.36. The Balaban J connectivity index is 2.57. The van der Waals surface area contributed by atoms with Crippen LogP contribution in [0.15, 0.2) is 29.2 Å². The zero-order valence-corrected chi connectivity index (χ0v) is 17.2. The second-order valence-electron chi connectivity index (χ2n) is 7.57. The predicted molar refractivity (Wildman–Crippen MR) is 96.7 cm³/mol. The van der Waals surface area contributed by atoms with E-state index in [0.717, 1.165) is 5.56 Å². The van der Waals surface area contributed by atoms with Crippen LogP contribution >= 0.6 is 0 Å². The van der Waals surface area contributed by atoms with Gasteiger partial charge >= 0.3 is 0 Å². The van der Waals surface area contributed by atoms with Gasteiger partial charge in [0.25, 0.3) is 10.1 Å². The van der Waals surface area contributed by atoms with E-state index in [1.165, 1.54) is 0 Å². The SMILES string of the molecule is Cc1ccc(S(=O)(=O)O[C@H](C)CCO[Si](C)(C)C(C)(C)C)cc1. The molecular weight excluding hydrogens is 328 g/mol. The molecule has 0 radical (unpaired) electrons. The summed E-state index contributed by atoms with van der Waals surface area (Å²) in [7, 11) is -5.52. The molecule has 6 heteroatoms. The largest absolute Gasteiger partial charge is 0.417 e. The van der Waals surface area contributed by atoms with E-state index in [9.17, 15) is 8.42 Å². The number of benzene rings is 1. The fourth-order valence-electron chi connectivity index (χ4n) is 1.72. The molecule has 4 nitrogen and oxygen atoms in total. The number of hydrogen-bond donors (Lipinski definition) is 0. The monoisotopic (exact) mass is 358 g/mol. The molecule has 0 bridgehead atoms. The molecule has 0 heterocycles. The van der Waals surface area contributed by atoms with Gasteiger partial charge in [0.15, 0.2) is 8.32 Å². The molecule has 132 valence electrons. The first kappa shape index (κ1) is 20.4. The van der Waals surface area contributed by atoms with Crippen molar-refractivity contribution in [1.82, 2.24) is 0 Å². The minimum atomic E-state index is -3.71. The van der Waals surface area contributed by atoms with Crippen molar-refractivity contribution in [2.24, 2.45) is 0 Å². The molecule has 0 aliphatic carbocycles. The smallest absolute Gasteiger partial charge is 0.297 e. The Morgan fingerprint density at radius 1 is 1.13 bits per heavy atom.